The van der Waals surface area contributed by atoms with Gasteiger partial charge in [0.15, 0.2) is 11.5 Å². The van der Waals surface area contributed by atoms with E-state index in [1.165, 1.54) is 0 Å². The van der Waals surface area contributed by atoms with Crippen LogP contribution in [0.2, 0.25) is 0 Å². The molecule has 1 aromatic carbocycles. The van der Waals surface area contributed by atoms with Crippen LogP contribution in [0.4, 0.5) is 5.82 Å². The summed E-state index contributed by atoms with van der Waals surface area (Å²) in [7, 11) is 0. The fourth-order valence-corrected chi connectivity index (χ4v) is 2.91. The lowest BCUT2D eigenvalue weighted by Gasteiger charge is -2.13. The van der Waals surface area contributed by atoms with Gasteiger partial charge in [0, 0.05) is 12.1 Å². The summed E-state index contributed by atoms with van der Waals surface area (Å²) in [6, 6.07) is 7.96. The van der Waals surface area contributed by atoms with Gasteiger partial charge in [-0.1, -0.05) is 44.7 Å². The number of hydrogen-bond donors (Lipinski definition) is 2. The van der Waals surface area contributed by atoms with Crippen molar-refractivity contribution in [1.82, 2.24) is 14.4 Å². The quantitative estimate of drug-likeness (QED) is 0.484. The molecule has 6 nitrogen and oxygen atoms in total. The molecule has 0 saturated heterocycles. The zero-order chi connectivity index (χ0) is 20.3. The van der Waals surface area contributed by atoms with Gasteiger partial charge >= 0.3 is 0 Å². The van der Waals surface area contributed by atoms with Crippen molar-refractivity contribution in [3.05, 3.63) is 66.5 Å². The Bertz CT molecular complexity index is 1100. The van der Waals surface area contributed by atoms with Gasteiger partial charge in [-0.25, -0.2) is 9.97 Å². The maximum absolute atomic E-state index is 11.3. The van der Waals surface area contributed by atoms with Crippen molar-refractivity contribution in [2.75, 3.05) is 11.9 Å². The number of carbonyl (C=O) groups excluding carboxylic acids is 1. The molecule has 0 aliphatic rings. The molecule has 6 heteroatoms. The van der Waals surface area contributed by atoms with Crippen molar-refractivity contribution >= 4 is 34.0 Å². The van der Waals surface area contributed by atoms with Gasteiger partial charge in [-0.3, -0.25) is 9.20 Å². The molecule has 0 atom stereocenters. The van der Waals surface area contributed by atoms with Crippen LogP contribution in [-0.2, 0) is 4.79 Å². The molecule has 0 aliphatic heterocycles. The highest BCUT2D eigenvalue weighted by Crippen LogP contribution is 2.27. The number of amides is 1. The van der Waals surface area contributed by atoms with Gasteiger partial charge in [-0.05, 0) is 36.6 Å². The van der Waals surface area contributed by atoms with Crippen LogP contribution in [-0.4, -0.2) is 26.8 Å². The smallest absolute Gasteiger partial charge is 0.248 e. The molecule has 0 unspecified atom stereocenters. The van der Waals surface area contributed by atoms with E-state index in [1.807, 2.05) is 49.5 Å². The Hall–Kier alpha value is -3.41. The molecule has 0 bridgehead atoms. The van der Waals surface area contributed by atoms with Crippen molar-refractivity contribution in [1.29, 1.82) is 0 Å². The highest BCUT2D eigenvalue weighted by atomic mass is 16.1. The second-order valence-electron chi connectivity index (χ2n) is 6.99. The Labute approximate surface area is 164 Å². The van der Waals surface area contributed by atoms with Crippen molar-refractivity contribution in [2.45, 2.75) is 20.8 Å². The highest BCUT2D eigenvalue weighted by Gasteiger charge is 2.15. The number of para-hydroxylation sites is 2. The maximum atomic E-state index is 11.3. The lowest BCUT2D eigenvalue weighted by atomic mass is 10.1. The average Bonchev–Trinajstić information content (AvgIpc) is 3.11. The van der Waals surface area contributed by atoms with Gasteiger partial charge in [0.25, 0.3) is 0 Å². The van der Waals surface area contributed by atoms with E-state index >= 15 is 0 Å². The molecule has 2 heterocycles. The lowest BCUT2D eigenvalue weighted by Crippen LogP contribution is -2.11. The summed E-state index contributed by atoms with van der Waals surface area (Å²) in [5.74, 6) is 0.691. The topological polar surface area (TPSA) is 85.3 Å². The Morgan fingerprint density at radius 2 is 2.07 bits per heavy atom. The van der Waals surface area contributed by atoms with Crippen molar-refractivity contribution < 1.29 is 4.79 Å². The van der Waals surface area contributed by atoms with Crippen LogP contribution in [0.15, 0.2) is 60.8 Å². The van der Waals surface area contributed by atoms with E-state index in [4.69, 9.17) is 10.7 Å². The Morgan fingerprint density at radius 1 is 1.32 bits per heavy atom. The number of rotatable bonds is 7. The van der Waals surface area contributed by atoms with E-state index in [0.29, 0.717) is 5.92 Å². The van der Waals surface area contributed by atoms with Crippen LogP contribution in [0, 0.1) is 5.92 Å². The molecular weight excluding hydrogens is 350 g/mol. The summed E-state index contributed by atoms with van der Waals surface area (Å²) in [5.41, 5.74) is 9.93. The summed E-state index contributed by atoms with van der Waals surface area (Å²) >= 11 is 0. The van der Waals surface area contributed by atoms with E-state index in [1.54, 1.807) is 6.08 Å². The van der Waals surface area contributed by atoms with Gasteiger partial charge in [-0.15, -0.1) is 0 Å². The number of nitrogens with two attached hydrogens (primary N) is 1. The van der Waals surface area contributed by atoms with Crippen LogP contribution < -0.4 is 11.1 Å². The first-order chi connectivity index (χ1) is 13.4. The van der Waals surface area contributed by atoms with E-state index in [9.17, 15) is 4.79 Å². The fraction of sp³-hybridized carbons (Fsp3) is 0.227. The fourth-order valence-electron chi connectivity index (χ4n) is 2.91. The number of hydrogen-bond acceptors (Lipinski definition) is 4. The molecular formula is C22H25N5O. The largest absolute Gasteiger partial charge is 0.367 e. The number of primary amides is 1. The average molecular weight is 375 g/mol. The molecule has 3 rings (SSSR count). The standard InChI is InChI=1S/C22H25N5O/c1-5-16(11-10-15(4)20(23)28)19-13-25-22-21(24-12-14(2)3)26-17-8-6-7-9-18(17)27(19)22/h5-11,13-14H,4,12H2,1-3H3,(H2,23,28)(H,24,26)/b11-10-,16-5+. The Kier molecular flexibility index (Phi) is 5.59. The predicted octanol–water partition coefficient (Wildman–Crippen LogP) is 3.95. The molecule has 0 aliphatic carbocycles. The van der Waals surface area contributed by atoms with Crippen molar-refractivity contribution in [2.24, 2.45) is 11.7 Å². The second kappa shape index (κ2) is 8.08. The molecule has 144 valence electrons. The molecule has 28 heavy (non-hydrogen) atoms. The lowest BCUT2D eigenvalue weighted by molar-refractivity contribution is -0.114. The third kappa shape index (κ3) is 3.81. The van der Waals surface area contributed by atoms with Crippen LogP contribution >= 0.6 is 0 Å². The molecule has 0 spiro atoms. The van der Waals surface area contributed by atoms with Gasteiger partial charge in [0.1, 0.15) is 0 Å². The molecule has 0 radical (unpaired) electrons. The predicted molar refractivity (Wildman–Crippen MR) is 115 cm³/mol. The minimum absolute atomic E-state index is 0.249. The van der Waals surface area contributed by atoms with Crippen LogP contribution in [0.1, 0.15) is 26.5 Å². The first-order valence-electron chi connectivity index (χ1n) is 9.26. The monoisotopic (exact) mass is 375 g/mol. The number of nitrogens with zero attached hydrogens (tertiary/aromatic N) is 3. The number of allylic oxidation sites excluding steroid dienone is 3. The number of carbonyl (C=O) groups is 1. The number of imidazole rings is 1. The minimum atomic E-state index is -0.542. The molecule has 2 aromatic heterocycles. The van der Waals surface area contributed by atoms with E-state index < -0.39 is 5.91 Å². The number of aromatic nitrogens is 3. The van der Waals surface area contributed by atoms with Gasteiger partial charge in [-0.2, -0.15) is 0 Å². The number of fused-ring (bicyclic) bond motifs is 3. The highest BCUT2D eigenvalue weighted by molar-refractivity contribution is 5.95. The summed E-state index contributed by atoms with van der Waals surface area (Å²) < 4.78 is 2.08. The summed E-state index contributed by atoms with van der Waals surface area (Å²) in [6.07, 6.45) is 7.23. The molecule has 3 N–H and O–H groups in total. The second-order valence-corrected chi connectivity index (χ2v) is 6.99. The van der Waals surface area contributed by atoms with E-state index in [-0.39, 0.29) is 5.57 Å². The Balaban J connectivity index is 2.18. The van der Waals surface area contributed by atoms with Gasteiger partial charge in [0.05, 0.1) is 22.9 Å². The zero-order valence-electron chi connectivity index (χ0n) is 16.4. The molecule has 3 aromatic rings. The van der Waals surface area contributed by atoms with E-state index in [0.717, 1.165) is 40.3 Å². The van der Waals surface area contributed by atoms with Crippen LogP contribution in [0.5, 0.6) is 0 Å². The normalized spacial score (nSPS) is 12.4. The molecule has 1 amide bonds. The van der Waals surface area contributed by atoms with Crippen LogP contribution in [0.25, 0.3) is 22.3 Å². The number of benzene rings is 1. The van der Waals surface area contributed by atoms with E-state index in [2.05, 4.69) is 35.1 Å². The SMILES string of the molecule is C=C(/C=C\C(=C/C)c1cnc2c(NCC(C)C)nc3ccccc3n12)C(N)=O. The van der Waals surface area contributed by atoms with Gasteiger partial charge in [0.2, 0.25) is 5.91 Å². The summed E-state index contributed by atoms with van der Waals surface area (Å²) in [4.78, 5) is 20.7. The summed E-state index contributed by atoms with van der Waals surface area (Å²) in [5, 5.41) is 3.41. The third-order valence-electron chi connectivity index (χ3n) is 4.39. The zero-order valence-corrected chi connectivity index (χ0v) is 16.4. The first kappa shape index (κ1) is 19.4. The molecule has 0 fully saturated rings. The Morgan fingerprint density at radius 3 is 2.75 bits per heavy atom. The number of anilines is 1. The molecule has 0 saturated carbocycles. The summed E-state index contributed by atoms with van der Waals surface area (Å²) in [6.45, 7) is 10.7. The van der Waals surface area contributed by atoms with Crippen molar-refractivity contribution in [3.63, 3.8) is 0 Å². The number of nitrogens with one attached hydrogen (secondary N) is 1. The van der Waals surface area contributed by atoms with Crippen LogP contribution in [0.3, 0.4) is 0 Å². The third-order valence-corrected chi connectivity index (χ3v) is 4.39. The minimum Gasteiger partial charge on any atom is -0.367 e. The first-order valence-corrected chi connectivity index (χ1v) is 9.26. The maximum Gasteiger partial charge on any atom is 0.248 e. The van der Waals surface area contributed by atoms with Gasteiger partial charge < -0.3 is 11.1 Å². The van der Waals surface area contributed by atoms with Crippen molar-refractivity contribution in [3.8, 4) is 0 Å².